The summed E-state index contributed by atoms with van der Waals surface area (Å²) in [4.78, 5) is 21.0. The zero-order valence-corrected chi connectivity index (χ0v) is 16.5. The van der Waals surface area contributed by atoms with Crippen molar-refractivity contribution in [2.24, 2.45) is 0 Å². The van der Waals surface area contributed by atoms with Crippen molar-refractivity contribution < 1.29 is 9.64 Å². The van der Waals surface area contributed by atoms with Crippen molar-refractivity contribution in [3.8, 4) is 5.75 Å². The third-order valence-electron chi connectivity index (χ3n) is 4.80. The molecule has 4 aromatic rings. The average molecular weight is 395 g/mol. The predicted octanol–water partition coefficient (Wildman–Crippen LogP) is 2.95. The van der Waals surface area contributed by atoms with E-state index < -0.39 is 0 Å². The van der Waals surface area contributed by atoms with Crippen LogP contribution in [0.4, 0.5) is 0 Å². The summed E-state index contributed by atoms with van der Waals surface area (Å²) in [5.41, 5.74) is 1.71. The average Bonchev–Trinajstić information content (AvgIpc) is 2.67. The van der Waals surface area contributed by atoms with Gasteiger partial charge in [0.05, 0.1) is 25.1 Å². The maximum absolute atomic E-state index is 12.3. The number of H-pyrrole nitrogens is 1. The zero-order valence-electron chi connectivity index (χ0n) is 15.8. The molecule has 0 aliphatic carbocycles. The second-order valence-corrected chi connectivity index (χ2v) is 7.47. The number of quaternary nitrogens is 1. The number of ether oxygens (including phenoxy) is 1. The van der Waals surface area contributed by atoms with Gasteiger partial charge in [0.2, 0.25) is 0 Å². The Morgan fingerprint density at radius 2 is 1.82 bits per heavy atom. The first-order valence-corrected chi connectivity index (χ1v) is 9.46. The van der Waals surface area contributed by atoms with Gasteiger partial charge in [-0.1, -0.05) is 29.8 Å². The van der Waals surface area contributed by atoms with Gasteiger partial charge in [-0.25, -0.2) is 4.98 Å². The van der Waals surface area contributed by atoms with Crippen molar-refractivity contribution in [1.82, 2.24) is 9.97 Å². The van der Waals surface area contributed by atoms with Crippen LogP contribution in [-0.4, -0.2) is 24.1 Å². The van der Waals surface area contributed by atoms with Crippen LogP contribution in [0.5, 0.6) is 5.75 Å². The van der Waals surface area contributed by atoms with Crippen LogP contribution in [0.2, 0.25) is 5.02 Å². The smallest absolute Gasteiger partial charge is 0.258 e. The lowest BCUT2D eigenvalue weighted by Gasteiger charge is -2.14. The van der Waals surface area contributed by atoms with E-state index in [0.29, 0.717) is 28.3 Å². The lowest BCUT2D eigenvalue weighted by molar-refractivity contribution is -0.908. The summed E-state index contributed by atoms with van der Waals surface area (Å²) in [6, 6.07) is 17.6. The van der Waals surface area contributed by atoms with E-state index in [0.717, 1.165) is 17.7 Å². The van der Waals surface area contributed by atoms with Crippen LogP contribution < -0.4 is 15.2 Å². The molecule has 28 heavy (non-hydrogen) atoms. The fraction of sp³-hybridized carbons (Fsp3) is 0.182. The van der Waals surface area contributed by atoms with Crippen molar-refractivity contribution in [2.75, 3.05) is 14.2 Å². The molecular formula is C22H21ClN3O2+. The minimum absolute atomic E-state index is 0.135. The van der Waals surface area contributed by atoms with Crippen LogP contribution in [0.3, 0.4) is 0 Å². The van der Waals surface area contributed by atoms with E-state index in [1.165, 1.54) is 15.8 Å². The summed E-state index contributed by atoms with van der Waals surface area (Å²) >= 11 is 6.04. The first kappa shape index (κ1) is 18.5. The van der Waals surface area contributed by atoms with Crippen LogP contribution in [0.25, 0.3) is 21.7 Å². The van der Waals surface area contributed by atoms with Gasteiger partial charge >= 0.3 is 0 Å². The highest BCUT2D eigenvalue weighted by molar-refractivity contribution is 6.31. The molecule has 0 aliphatic rings. The quantitative estimate of drug-likeness (QED) is 0.547. The minimum atomic E-state index is -0.135. The van der Waals surface area contributed by atoms with Crippen LogP contribution in [0, 0.1) is 0 Å². The molecule has 6 heteroatoms. The molecule has 1 unspecified atom stereocenters. The van der Waals surface area contributed by atoms with Crippen LogP contribution >= 0.6 is 11.6 Å². The second kappa shape index (κ2) is 7.62. The van der Waals surface area contributed by atoms with Crippen molar-refractivity contribution >= 4 is 33.3 Å². The van der Waals surface area contributed by atoms with Gasteiger partial charge in [0, 0.05) is 10.6 Å². The number of nitrogens with one attached hydrogen (secondary N) is 2. The number of nitrogens with zero attached hydrogens (tertiary/aromatic N) is 1. The zero-order chi connectivity index (χ0) is 19.7. The monoisotopic (exact) mass is 394 g/mol. The molecule has 3 aromatic carbocycles. The van der Waals surface area contributed by atoms with Crippen molar-refractivity contribution in [1.29, 1.82) is 0 Å². The summed E-state index contributed by atoms with van der Waals surface area (Å²) in [7, 11) is 3.76. The molecule has 0 bridgehead atoms. The van der Waals surface area contributed by atoms with E-state index in [1.54, 1.807) is 25.3 Å². The molecule has 0 fully saturated rings. The van der Waals surface area contributed by atoms with Gasteiger partial charge in [-0.15, -0.1) is 0 Å². The summed E-state index contributed by atoms with van der Waals surface area (Å²) < 4.78 is 5.28. The molecule has 1 aromatic heterocycles. The van der Waals surface area contributed by atoms with E-state index in [-0.39, 0.29) is 5.56 Å². The summed E-state index contributed by atoms with van der Waals surface area (Å²) in [6.45, 7) is 1.43. The Morgan fingerprint density at radius 3 is 2.64 bits per heavy atom. The topological polar surface area (TPSA) is 59.4 Å². The van der Waals surface area contributed by atoms with Gasteiger partial charge in [0.25, 0.3) is 5.56 Å². The number of benzene rings is 3. The molecule has 0 amide bonds. The highest BCUT2D eigenvalue weighted by Gasteiger charge is 2.11. The molecule has 0 saturated carbocycles. The Balaban J connectivity index is 1.54. The molecule has 0 aliphatic heterocycles. The van der Waals surface area contributed by atoms with E-state index >= 15 is 0 Å². The minimum Gasteiger partial charge on any atom is -0.497 e. The number of aromatic amines is 1. The fourth-order valence-corrected chi connectivity index (χ4v) is 3.62. The second-order valence-electron chi connectivity index (χ2n) is 7.03. The van der Waals surface area contributed by atoms with Gasteiger partial charge in [0.15, 0.2) is 5.82 Å². The van der Waals surface area contributed by atoms with Crippen LogP contribution in [0.1, 0.15) is 11.4 Å². The van der Waals surface area contributed by atoms with E-state index in [4.69, 9.17) is 16.3 Å². The van der Waals surface area contributed by atoms with Crippen LogP contribution in [0.15, 0.2) is 59.4 Å². The first-order chi connectivity index (χ1) is 13.5. The van der Waals surface area contributed by atoms with Crippen LogP contribution in [-0.2, 0) is 13.1 Å². The predicted molar refractivity (Wildman–Crippen MR) is 112 cm³/mol. The van der Waals surface area contributed by atoms with Crippen molar-refractivity contribution in [2.45, 2.75) is 13.1 Å². The van der Waals surface area contributed by atoms with Gasteiger partial charge in [-0.2, -0.15) is 0 Å². The number of halogens is 1. The highest BCUT2D eigenvalue weighted by atomic mass is 35.5. The molecule has 2 N–H and O–H groups in total. The van der Waals surface area contributed by atoms with Crippen molar-refractivity contribution in [3.63, 3.8) is 0 Å². The molecule has 0 spiro atoms. The normalized spacial score (nSPS) is 12.4. The van der Waals surface area contributed by atoms with Gasteiger partial charge in [-0.05, 0) is 47.2 Å². The third-order valence-corrected chi connectivity index (χ3v) is 5.04. The summed E-state index contributed by atoms with van der Waals surface area (Å²) in [5, 5.41) is 3.46. The third kappa shape index (κ3) is 3.86. The number of hydrogen-bond donors (Lipinski definition) is 2. The van der Waals surface area contributed by atoms with E-state index in [1.807, 2.05) is 12.1 Å². The Kier molecular flexibility index (Phi) is 5.03. The van der Waals surface area contributed by atoms with Gasteiger partial charge in [0.1, 0.15) is 18.8 Å². The number of rotatable bonds is 5. The highest BCUT2D eigenvalue weighted by Crippen LogP contribution is 2.21. The molecule has 142 valence electrons. The molecule has 0 radical (unpaired) electrons. The molecule has 4 rings (SSSR count). The number of hydrogen-bond acceptors (Lipinski definition) is 3. The number of methoxy groups -OCH3 is 1. The Hall–Kier alpha value is -2.89. The van der Waals surface area contributed by atoms with Gasteiger partial charge < -0.3 is 14.6 Å². The Labute approximate surface area is 167 Å². The molecule has 5 nitrogen and oxygen atoms in total. The molecule has 0 saturated heterocycles. The van der Waals surface area contributed by atoms with Crippen molar-refractivity contribution in [3.05, 3.63) is 81.4 Å². The fourth-order valence-electron chi connectivity index (χ4n) is 3.45. The lowest BCUT2D eigenvalue weighted by atomic mass is 10.1. The van der Waals surface area contributed by atoms with Gasteiger partial charge in [-0.3, -0.25) is 4.79 Å². The maximum Gasteiger partial charge on any atom is 0.258 e. The van der Waals surface area contributed by atoms with E-state index in [9.17, 15) is 4.79 Å². The molecular weight excluding hydrogens is 374 g/mol. The summed E-state index contributed by atoms with van der Waals surface area (Å²) in [5.74, 6) is 1.51. The Morgan fingerprint density at radius 1 is 1.04 bits per heavy atom. The number of fused-ring (bicyclic) bond motifs is 2. The Bertz CT molecular complexity index is 1220. The number of aromatic nitrogens is 2. The molecule has 1 atom stereocenters. The SMILES string of the molecule is COc1ccc2cc(C[NH+](C)Cc3nc4cc(Cl)ccc4c(=O)[nH]3)ccc2c1. The van der Waals surface area contributed by atoms with E-state index in [2.05, 4.69) is 41.3 Å². The first-order valence-electron chi connectivity index (χ1n) is 9.08. The lowest BCUT2D eigenvalue weighted by Crippen LogP contribution is -3.06. The standard InChI is InChI=1S/C22H20ClN3O2/c1-26(12-14-3-4-16-10-18(28-2)7-5-15(16)9-14)13-21-24-20-11-17(23)6-8-19(20)22(27)25-21/h3-11H,12-13H2,1-2H3,(H,24,25,27)/p+1. The summed E-state index contributed by atoms with van der Waals surface area (Å²) in [6.07, 6.45) is 0. The largest absolute Gasteiger partial charge is 0.497 e. The maximum atomic E-state index is 12.3. The molecule has 1 heterocycles.